The van der Waals surface area contributed by atoms with Crippen LogP contribution in [0.4, 0.5) is 0 Å². The van der Waals surface area contributed by atoms with E-state index in [-0.39, 0.29) is 16.2 Å². The van der Waals surface area contributed by atoms with Crippen LogP contribution in [0.25, 0.3) is 231 Å². The Kier molecular flexibility index (Phi) is 18.9. The number of aromatic nitrogens is 6. The Bertz CT molecular complexity index is 8190. The van der Waals surface area contributed by atoms with Gasteiger partial charge in [0.1, 0.15) is 6.33 Å². The first-order chi connectivity index (χ1) is 66.2. The monoisotopic (exact) mass is 1720 g/mol. The van der Waals surface area contributed by atoms with E-state index in [9.17, 15) is 0 Å². The molecule has 0 saturated carbocycles. The quantitative estimate of drug-likeness (QED) is 0.134. The molecule has 0 saturated heterocycles. The van der Waals surface area contributed by atoms with Crippen LogP contribution >= 0.6 is 0 Å². The third-order valence-corrected chi connectivity index (χ3v) is 29.4. The van der Waals surface area contributed by atoms with Crippen LogP contribution in [0.1, 0.15) is 74.9 Å². The normalized spacial score (nSPS) is 13.3. The summed E-state index contributed by atoms with van der Waals surface area (Å²) in [5.74, 6) is 0.744. The molecular weight excluding hydrogens is 1630 g/mol. The van der Waals surface area contributed by atoms with Crippen molar-refractivity contribution >= 4 is 97.0 Å². The van der Waals surface area contributed by atoms with Crippen LogP contribution in [0.15, 0.2) is 438 Å². The second kappa shape index (κ2) is 31.8. The summed E-state index contributed by atoms with van der Waals surface area (Å²) < 4.78 is 0. The minimum atomic E-state index is -0.0354. The van der Waals surface area contributed by atoms with Gasteiger partial charge in [-0.15, -0.1) is 0 Å². The van der Waals surface area contributed by atoms with E-state index in [0.29, 0.717) is 0 Å². The van der Waals surface area contributed by atoms with Gasteiger partial charge in [0, 0.05) is 63.9 Å². The average Bonchev–Trinajstić information content (AvgIpc) is 0.940. The zero-order valence-electron chi connectivity index (χ0n) is 75.8. The van der Waals surface area contributed by atoms with Crippen molar-refractivity contribution in [1.29, 1.82) is 0 Å². The van der Waals surface area contributed by atoms with Crippen molar-refractivity contribution in [3.8, 4) is 134 Å². The van der Waals surface area contributed by atoms with E-state index in [2.05, 4.69) is 434 Å². The van der Waals surface area contributed by atoms with E-state index in [1.54, 1.807) is 18.7 Å². The van der Waals surface area contributed by atoms with Gasteiger partial charge in [-0.3, -0.25) is 9.97 Å². The molecule has 0 radical (unpaired) electrons. The number of hydrogen-bond donors (Lipinski definition) is 0. The maximum Gasteiger partial charge on any atom is 0.160 e. The fourth-order valence-electron chi connectivity index (χ4n) is 22.8. The summed E-state index contributed by atoms with van der Waals surface area (Å²) in [7, 11) is 0. The van der Waals surface area contributed by atoms with Crippen LogP contribution < -0.4 is 0 Å². The Balaban J connectivity index is 0.000000108. The van der Waals surface area contributed by atoms with E-state index in [1.807, 2.05) is 36.9 Å². The lowest BCUT2D eigenvalue weighted by Gasteiger charge is -2.22. The number of rotatable bonds is 9. The van der Waals surface area contributed by atoms with E-state index in [0.717, 1.165) is 44.7 Å². The predicted molar refractivity (Wildman–Crippen MR) is 565 cm³/mol. The lowest BCUT2D eigenvalue weighted by Crippen LogP contribution is -2.14. The Morgan fingerprint density at radius 1 is 0.170 bits per heavy atom. The first kappa shape index (κ1) is 80.3. The minimum absolute atomic E-state index is 0.0330. The molecule has 24 aromatic rings. The minimum Gasteiger partial charge on any atom is -0.261 e. The van der Waals surface area contributed by atoms with Gasteiger partial charge in [-0.1, -0.05) is 369 Å². The lowest BCUT2D eigenvalue weighted by molar-refractivity contribution is 0.660. The number of nitrogens with zero attached hydrogens (tertiary/aromatic N) is 6. The molecule has 0 spiro atoms. The number of benzene rings is 21. The Hall–Kier alpha value is -16.8. The third-order valence-electron chi connectivity index (χ3n) is 29.4. The molecule has 6 heteroatoms. The summed E-state index contributed by atoms with van der Waals surface area (Å²) in [6.45, 7) is 14.0. The lowest BCUT2D eigenvalue weighted by atomic mass is 9.81. The second-order valence-electron chi connectivity index (χ2n) is 37.9. The van der Waals surface area contributed by atoms with Crippen molar-refractivity contribution in [2.45, 2.75) is 57.8 Å². The van der Waals surface area contributed by atoms with Gasteiger partial charge < -0.3 is 0 Å². The van der Waals surface area contributed by atoms with Crippen molar-refractivity contribution in [3.05, 3.63) is 471 Å². The maximum absolute atomic E-state index is 4.79. The van der Waals surface area contributed by atoms with Gasteiger partial charge in [0.15, 0.2) is 5.82 Å². The smallest absolute Gasteiger partial charge is 0.160 e. The average molecular weight is 1720 g/mol. The molecule has 0 N–H and O–H groups in total. The van der Waals surface area contributed by atoms with E-state index in [4.69, 9.17) is 19.9 Å². The predicted octanol–water partition coefficient (Wildman–Crippen LogP) is 33.7. The van der Waals surface area contributed by atoms with Gasteiger partial charge in [0.25, 0.3) is 0 Å². The molecule has 0 fully saturated rings. The maximum atomic E-state index is 4.79. The standard InChI is InChI=1S/3C43H30N2/c1-43(2)38-15-8-7-12-32(38)36-26-31(19-21-39(36)43)40-33-13-5-6-14-34(33)41(42-44-22-9-23-45-42)35-20-18-30(25-37(35)40)29-17-16-27-10-3-4-11-28(27)24-29;1-43(2)38-14-8-7-11-32(38)36-25-31(18-20-39(36)43)41-33-12-5-6-13-34(33)42(40-26-44-21-22-45-40)35-19-17-30(24-37(35)41)29-16-15-27-9-3-4-10-28(27)23-29;1-43(2)38-14-8-7-11-32(38)36-25-31(18-20-39(36)43)41-33-12-5-6-13-34(33)42(40-21-22-44-26-45-40)35-19-17-30(24-37(35)41)29-16-15-27-9-3-4-10-28(27)23-29/h3*3-26H,1-2H3. The van der Waals surface area contributed by atoms with E-state index >= 15 is 0 Å². The van der Waals surface area contributed by atoms with Crippen molar-refractivity contribution in [3.63, 3.8) is 0 Å². The molecule has 6 nitrogen and oxygen atoms in total. The summed E-state index contributed by atoms with van der Waals surface area (Å²) in [5, 5.41) is 21.8. The molecule has 0 amide bonds. The summed E-state index contributed by atoms with van der Waals surface area (Å²) in [4.78, 5) is 27.7. The number of hydrogen-bond acceptors (Lipinski definition) is 6. The fraction of sp³-hybridized carbons (Fsp3) is 0.0698. The molecule has 21 aromatic carbocycles. The Labute approximate surface area is 784 Å². The van der Waals surface area contributed by atoms with Crippen LogP contribution in [-0.4, -0.2) is 29.9 Å². The molecule has 636 valence electrons. The van der Waals surface area contributed by atoms with Gasteiger partial charge in [0.2, 0.25) is 0 Å². The van der Waals surface area contributed by atoms with Gasteiger partial charge in [0.05, 0.1) is 17.6 Å². The fourth-order valence-corrected chi connectivity index (χ4v) is 22.8. The van der Waals surface area contributed by atoms with Crippen LogP contribution in [0.3, 0.4) is 0 Å². The molecule has 3 aliphatic carbocycles. The molecule has 0 atom stereocenters. The van der Waals surface area contributed by atoms with Crippen molar-refractivity contribution < 1.29 is 0 Å². The molecule has 3 heterocycles. The van der Waals surface area contributed by atoms with Crippen molar-refractivity contribution in [2.75, 3.05) is 0 Å². The molecule has 0 unspecified atom stereocenters. The summed E-state index contributed by atoms with van der Waals surface area (Å²) in [6.07, 6.45) is 12.6. The van der Waals surface area contributed by atoms with Gasteiger partial charge in [-0.05, 0) is 297 Å². The largest absolute Gasteiger partial charge is 0.261 e. The highest BCUT2D eigenvalue weighted by molar-refractivity contribution is 6.25. The van der Waals surface area contributed by atoms with E-state index < -0.39 is 0 Å². The van der Waals surface area contributed by atoms with Gasteiger partial charge in [-0.25, -0.2) is 19.9 Å². The molecule has 135 heavy (non-hydrogen) atoms. The van der Waals surface area contributed by atoms with Crippen LogP contribution in [0, 0.1) is 0 Å². The van der Waals surface area contributed by atoms with Crippen LogP contribution in [-0.2, 0) is 16.2 Å². The highest BCUT2D eigenvalue weighted by Gasteiger charge is 2.39. The highest BCUT2D eigenvalue weighted by Crippen LogP contribution is 2.57. The molecule has 3 aliphatic rings. The Morgan fingerprint density at radius 2 is 0.474 bits per heavy atom. The first-order valence-corrected chi connectivity index (χ1v) is 46.7. The highest BCUT2D eigenvalue weighted by atomic mass is 14.9. The van der Waals surface area contributed by atoms with Gasteiger partial charge in [-0.2, -0.15) is 0 Å². The summed E-state index contributed by atoms with van der Waals surface area (Å²) >= 11 is 0. The first-order valence-electron chi connectivity index (χ1n) is 46.7. The summed E-state index contributed by atoms with van der Waals surface area (Å²) in [6, 6.07) is 145. The zero-order valence-corrected chi connectivity index (χ0v) is 75.8. The summed E-state index contributed by atoms with van der Waals surface area (Å²) in [5.41, 5.74) is 36.0. The molecule has 0 aliphatic heterocycles. The second-order valence-corrected chi connectivity index (χ2v) is 37.9. The van der Waals surface area contributed by atoms with Crippen molar-refractivity contribution in [2.24, 2.45) is 0 Å². The van der Waals surface area contributed by atoms with Crippen LogP contribution in [0.2, 0.25) is 0 Å². The SMILES string of the molecule is CC1(C)c2ccccc2-c2cc(-c3c4ccccc4c(-c4ccncn4)c4ccc(-c5ccc6ccccc6c5)cc34)ccc21.CC1(C)c2ccccc2-c2cc(-c3c4ccccc4c(-c4cnccn4)c4ccc(-c5ccc6ccccc6c5)cc34)ccc21.CC1(C)c2ccccc2-c2cc(-c3c4ccccc4c(-c4ncccn4)c4ccc(-c5ccc6ccccc6c5)cc34)ccc21. The van der Waals surface area contributed by atoms with Crippen LogP contribution in [0.5, 0.6) is 0 Å². The third kappa shape index (κ3) is 13.2. The van der Waals surface area contributed by atoms with Crippen molar-refractivity contribution in [1.82, 2.24) is 29.9 Å². The Morgan fingerprint density at radius 3 is 0.844 bits per heavy atom. The topological polar surface area (TPSA) is 77.3 Å². The molecule has 27 rings (SSSR count). The van der Waals surface area contributed by atoms with Gasteiger partial charge >= 0.3 is 0 Å². The zero-order chi connectivity index (χ0) is 90.4. The molecule has 0 bridgehead atoms. The van der Waals surface area contributed by atoms with E-state index in [1.165, 1.54) is 220 Å². The molecule has 3 aromatic heterocycles. The number of fused-ring (bicyclic) bond motifs is 18. The molecular formula is C129H90N6.